The Bertz CT molecular complexity index is 1160. The highest BCUT2D eigenvalue weighted by atomic mass is 16.5. The molecule has 1 saturated carbocycles. The van der Waals surface area contributed by atoms with Crippen LogP contribution in [0.3, 0.4) is 0 Å². The second-order valence-corrected chi connectivity index (χ2v) is 8.78. The fourth-order valence-electron chi connectivity index (χ4n) is 4.12. The summed E-state index contributed by atoms with van der Waals surface area (Å²) in [4.78, 5) is 34.2. The van der Waals surface area contributed by atoms with Crippen LogP contribution < -0.4 is 5.32 Å². The van der Waals surface area contributed by atoms with E-state index in [1.165, 1.54) is 0 Å². The molecule has 0 atom stereocenters. The molecule has 3 heterocycles. The van der Waals surface area contributed by atoms with Gasteiger partial charge in [0, 0.05) is 37.8 Å². The van der Waals surface area contributed by atoms with Gasteiger partial charge >= 0.3 is 0 Å². The molecule has 0 spiro atoms. The van der Waals surface area contributed by atoms with Gasteiger partial charge in [-0.3, -0.25) is 14.5 Å². The van der Waals surface area contributed by atoms with E-state index in [0.717, 1.165) is 24.0 Å². The highest BCUT2D eigenvalue weighted by molar-refractivity contribution is 6.07. The van der Waals surface area contributed by atoms with Crippen LogP contribution in [-0.2, 0) is 4.79 Å². The molecule has 0 unspecified atom stereocenters. The highest BCUT2D eigenvalue weighted by Gasteiger charge is 2.28. The fourth-order valence-corrected chi connectivity index (χ4v) is 4.12. The molecular weight excluding hydrogens is 406 g/mol. The van der Waals surface area contributed by atoms with Crippen molar-refractivity contribution in [3.8, 4) is 11.3 Å². The van der Waals surface area contributed by atoms with Gasteiger partial charge in [-0.25, -0.2) is 4.98 Å². The zero-order chi connectivity index (χ0) is 22.2. The Balaban J connectivity index is 1.35. The topological polar surface area (TPSA) is 91.6 Å². The first kappa shape index (κ1) is 20.6. The molecular formula is C24H27N5O3. The molecule has 5 rings (SSSR count). The number of carbonyl (C=O) groups excluding carboxylic acids is 2. The maximum atomic E-state index is 13.5. The molecule has 1 saturated heterocycles. The van der Waals surface area contributed by atoms with Crippen molar-refractivity contribution in [2.24, 2.45) is 0 Å². The first-order valence-electron chi connectivity index (χ1n) is 11.1. The number of aromatic nitrogens is 2. The van der Waals surface area contributed by atoms with E-state index in [2.05, 4.69) is 20.4 Å². The third-order valence-electron chi connectivity index (χ3n) is 6.16. The smallest absolute Gasteiger partial charge is 0.259 e. The molecule has 3 aromatic rings. The van der Waals surface area contributed by atoms with E-state index in [4.69, 9.17) is 4.52 Å². The van der Waals surface area contributed by atoms with Crippen molar-refractivity contribution in [3.05, 3.63) is 47.2 Å². The standard InChI is InChI=1S/C24H27N5O3/c1-15-3-5-17(6-4-15)20-13-19(22-16(2)27-32-23(22)26-20)24(31)29-11-9-28(10-12-29)14-21(30)25-18-7-8-18/h3-6,13,18H,7-12,14H2,1-2H3,(H,25,30). The number of pyridine rings is 1. The number of hydrogen-bond acceptors (Lipinski definition) is 6. The summed E-state index contributed by atoms with van der Waals surface area (Å²) in [6.45, 7) is 6.74. The fraction of sp³-hybridized carbons (Fsp3) is 0.417. The van der Waals surface area contributed by atoms with Crippen LogP contribution in [0.2, 0.25) is 0 Å². The van der Waals surface area contributed by atoms with E-state index in [1.807, 2.05) is 49.1 Å². The summed E-state index contributed by atoms with van der Waals surface area (Å²) in [5, 5.41) is 7.73. The van der Waals surface area contributed by atoms with Gasteiger partial charge in [0.1, 0.15) is 0 Å². The van der Waals surface area contributed by atoms with Crippen molar-refractivity contribution in [1.29, 1.82) is 0 Å². The van der Waals surface area contributed by atoms with Crippen molar-refractivity contribution in [2.45, 2.75) is 32.7 Å². The molecule has 2 aliphatic rings. The van der Waals surface area contributed by atoms with Crippen molar-refractivity contribution in [2.75, 3.05) is 32.7 Å². The van der Waals surface area contributed by atoms with Crippen LogP contribution in [0.25, 0.3) is 22.4 Å². The van der Waals surface area contributed by atoms with E-state index < -0.39 is 0 Å². The maximum Gasteiger partial charge on any atom is 0.259 e. The molecule has 0 bridgehead atoms. The molecule has 8 heteroatoms. The van der Waals surface area contributed by atoms with Crippen molar-refractivity contribution in [3.63, 3.8) is 0 Å². The lowest BCUT2D eigenvalue weighted by Gasteiger charge is -2.34. The quantitative estimate of drug-likeness (QED) is 0.665. The average Bonchev–Trinajstić information content (AvgIpc) is 3.53. The molecule has 1 N–H and O–H groups in total. The first-order chi connectivity index (χ1) is 15.5. The molecule has 8 nitrogen and oxygen atoms in total. The largest absolute Gasteiger partial charge is 0.352 e. The van der Waals surface area contributed by atoms with Gasteiger partial charge < -0.3 is 14.7 Å². The Morgan fingerprint density at radius 1 is 1.09 bits per heavy atom. The summed E-state index contributed by atoms with van der Waals surface area (Å²) in [5.41, 5.74) is 4.36. The average molecular weight is 434 g/mol. The van der Waals surface area contributed by atoms with Gasteiger partial charge in [-0.2, -0.15) is 0 Å². The molecule has 166 valence electrons. The van der Waals surface area contributed by atoms with Gasteiger partial charge in [-0.15, -0.1) is 0 Å². The number of amides is 2. The molecule has 2 aromatic heterocycles. The van der Waals surface area contributed by atoms with Gasteiger partial charge in [0.05, 0.1) is 28.9 Å². The summed E-state index contributed by atoms with van der Waals surface area (Å²) in [6, 6.07) is 10.2. The van der Waals surface area contributed by atoms with Crippen molar-refractivity contribution < 1.29 is 14.1 Å². The van der Waals surface area contributed by atoms with Crippen LogP contribution in [-0.4, -0.2) is 70.5 Å². The predicted molar refractivity (Wildman–Crippen MR) is 120 cm³/mol. The lowest BCUT2D eigenvalue weighted by atomic mass is 10.0. The summed E-state index contributed by atoms with van der Waals surface area (Å²) in [6.07, 6.45) is 2.17. The van der Waals surface area contributed by atoms with E-state index in [9.17, 15) is 9.59 Å². The zero-order valence-electron chi connectivity index (χ0n) is 18.4. The van der Waals surface area contributed by atoms with Crippen LogP contribution >= 0.6 is 0 Å². The van der Waals surface area contributed by atoms with E-state index in [-0.39, 0.29) is 11.8 Å². The Morgan fingerprint density at radius 3 is 2.50 bits per heavy atom. The number of nitrogens with zero attached hydrogens (tertiary/aromatic N) is 4. The Hall–Kier alpha value is -3.26. The lowest BCUT2D eigenvalue weighted by Crippen LogP contribution is -2.51. The third-order valence-corrected chi connectivity index (χ3v) is 6.16. The SMILES string of the molecule is Cc1ccc(-c2cc(C(=O)N3CCN(CC(=O)NC4CC4)CC3)c3c(C)noc3n2)cc1. The van der Waals surface area contributed by atoms with Gasteiger partial charge in [0.25, 0.3) is 11.6 Å². The number of aryl methyl sites for hydroxylation is 2. The Morgan fingerprint density at radius 2 is 1.81 bits per heavy atom. The maximum absolute atomic E-state index is 13.5. The molecule has 32 heavy (non-hydrogen) atoms. The highest BCUT2D eigenvalue weighted by Crippen LogP contribution is 2.28. The zero-order valence-corrected chi connectivity index (χ0v) is 18.4. The lowest BCUT2D eigenvalue weighted by molar-refractivity contribution is -0.122. The van der Waals surface area contributed by atoms with Gasteiger partial charge in [0.15, 0.2) is 0 Å². The summed E-state index contributed by atoms with van der Waals surface area (Å²) in [5.74, 6) is 0.0186. The molecule has 1 aromatic carbocycles. The molecule has 0 radical (unpaired) electrons. The third kappa shape index (κ3) is 4.23. The van der Waals surface area contributed by atoms with Crippen molar-refractivity contribution >= 4 is 22.9 Å². The summed E-state index contributed by atoms with van der Waals surface area (Å²) < 4.78 is 5.43. The molecule has 2 fully saturated rings. The minimum atomic E-state index is -0.0563. The van der Waals surface area contributed by atoms with Crippen LogP contribution in [0, 0.1) is 13.8 Å². The van der Waals surface area contributed by atoms with E-state index in [0.29, 0.717) is 66.8 Å². The minimum Gasteiger partial charge on any atom is -0.352 e. The number of hydrogen-bond donors (Lipinski definition) is 1. The molecule has 1 aliphatic heterocycles. The predicted octanol–water partition coefficient (Wildman–Crippen LogP) is 2.54. The van der Waals surface area contributed by atoms with Gasteiger partial charge in [-0.1, -0.05) is 35.0 Å². The van der Waals surface area contributed by atoms with Crippen LogP contribution in [0.5, 0.6) is 0 Å². The van der Waals surface area contributed by atoms with Gasteiger partial charge in [-0.05, 0) is 32.8 Å². The molecule has 1 aliphatic carbocycles. The normalized spacial score (nSPS) is 17.0. The minimum absolute atomic E-state index is 0.0563. The second kappa shape index (κ2) is 8.35. The molecule has 2 amide bonds. The first-order valence-corrected chi connectivity index (χ1v) is 11.1. The number of fused-ring (bicyclic) bond motifs is 1. The number of rotatable bonds is 5. The van der Waals surface area contributed by atoms with Crippen LogP contribution in [0.15, 0.2) is 34.9 Å². The van der Waals surface area contributed by atoms with Crippen LogP contribution in [0.4, 0.5) is 0 Å². The number of piperazine rings is 1. The van der Waals surface area contributed by atoms with Gasteiger partial charge in [0.2, 0.25) is 5.91 Å². The van der Waals surface area contributed by atoms with Crippen molar-refractivity contribution in [1.82, 2.24) is 25.3 Å². The Kier molecular flexibility index (Phi) is 5.38. The summed E-state index contributed by atoms with van der Waals surface area (Å²) >= 11 is 0. The summed E-state index contributed by atoms with van der Waals surface area (Å²) in [7, 11) is 0. The number of nitrogens with one attached hydrogen (secondary N) is 1. The van der Waals surface area contributed by atoms with E-state index in [1.54, 1.807) is 0 Å². The number of carbonyl (C=O) groups is 2. The van der Waals surface area contributed by atoms with Crippen LogP contribution in [0.1, 0.15) is 34.5 Å². The monoisotopic (exact) mass is 433 g/mol. The van der Waals surface area contributed by atoms with E-state index >= 15 is 0 Å². The Labute approximate surface area is 186 Å². The second-order valence-electron chi connectivity index (χ2n) is 8.78. The number of benzene rings is 1.